The Morgan fingerprint density at radius 2 is 2.14 bits per heavy atom. The van der Waals surface area contributed by atoms with Crippen molar-refractivity contribution in [3.63, 3.8) is 0 Å². The number of carbonyl (C=O) groups is 1. The Hall–Kier alpha value is -1.79. The molecule has 0 unspecified atom stereocenters. The monoisotopic (exact) mass is 371 g/mol. The van der Waals surface area contributed by atoms with Crippen LogP contribution in [0.4, 0.5) is 0 Å². The van der Waals surface area contributed by atoms with E-state index in [4.69, 9.17) is 26.2 Å². The van der Waals surface area contributed by atoms with Gasteiger partial charge in [0, 0.05) is 22.4 Å². The first kappa shape index (κ1) is 15.6. The number of carboxylic acids is 1. The summed E-state index contributed by atoms with van der Waals surface area (Å²) in [5, 5.41) is 9.17. The van der Waals surface area contributed by atoms with E-state index in [0.29, 0.717) is 5.75 Å². The number of methoxy groups -OCH3 is 1. The maximum Gasteiger partial charge on any atom is 0.335 e. The third-order valence-electron chi connectivity index (χ3n) is 2.62. The Morgan fingerprint density at radius 1 is 1.38 bits per heavy atom. The number of ether oxygens (including phenoxy) is 2. The number of nitrogens with zero attached hydrogens (tertiary/aromatic N) is 1. The number of hydrogen-bond acceptors (Lipinski definition) is 4. The minimum absolute atomic E-state index is 0.0355. The van der Waals surface area contributed by atoms with Crippen molar-refractivity contribution < 1.29 is 19.4 Å². The van der Waals surface area contributed by atoms with Gasteiger partial charge in [0.15, 0.2) is 11.5 Å². The van der Waals surface area contributed by atoms with Crippen LogP contribution in [0.2, 0.25) is 5.02 Å². The maximum atomic E-state index is 11.0. The lowest BCUT2D eigenvalue weighted by Gasteiger charge is -2.13. The van der Waals surface area contributed by atoms with Gasteiger partial charge in [-0.3, -0.25) is 4.98 Å². The van der Waals surface area contributed by atoms with E-state index in [1.807, 2.05) is 6.07 Å². The zero-order valence-electron chi connectivity index (χ0n) is 11.0. The molecule has 1 aromatic heterocycles. The van der Waals surface area contributed by atoms with E-state index < -0.39 is 5.97 Å². The van der Waals surface area contributed by atoms with Gasteiger partial charge in [0.1, 0.15) is 6.61 Å². The summed E-state index contributed by atoms with van der Waals surface area (Å²) >= 11 is 9.38. The van der Waals surface area contributed by atoms with Crippen LogP contribution in [0.25, 0.3) is 0 Å². The van der Waals surface area contributed by atoms with Crippen LogP contribution < -0.4 is 9.47 Å². The minimum Gasteiger partial charge on any atom is -0.493 e. The third-order valence-corrected chi connectivity index (χ3v) is 3.34. The molecular formula is C14H11BrClNO4. The van der Waals surface area contributed by atoms with Crippen LogP contribution >= 0.6 is 27.5 Å². The van der Waals surface area contributed by atoms with Crippen LogP contribution in [-0.2, 0) is 6.61 Å². The second kappa shape index (κ2) is 6.78. The number of rotatable bonds is 5. The predicted molar refractivity (Wildman–Crippen MR) is 81.2 cm³/mol. The molecular weight excluding hydrogens is 362 g/mol. The van der Waals surface area contributed by atoms with Crippen LogP contribution in [0.3, 0.4) is 0 Å². The molecule has 2 rings (SSSR count). The molecule has 0 radical (unpaired) electrons. The van der Waals surface area contributed by atoms with E-state index in [1.165, 1.54) is 19.2 Å². The second-order valence-corrected chi connectivity index (χ2v) is 5.42. The van der Waals surface area contributed by atoms with Gasteiger partial charge < -0.3 is 14.6 Å². The van der Waals surface area contributed by atoms with Gasteiger partial charge in [-0.15, -0.1) is 0 Å². The van der Waals surface area contributed by atoms with E-state index in [-0.39, 0.29) is 22.9 Å². The summed E-state index contributed by atoms with van der Waals surface area (Å²) in [4.78, 5) is 15.0. The molecule has 0 fully saturated rings. The zero-order chi connectivity index (χ0) is 15.4. The SMILES string of the molecule is COc1cc(C(=O)O)cc(Cl)c1OCc1cncc(Br)c1. The van der Waals surface area contributed by atoms with E-state index in [2.05, 4.69) is 20.9 Å². The Balaban J connectivity index is 2.25. The molecule has 1 heterocycles. The van der Waals surface area contributed by atoms with E-state index in [9.17, 15) is 4.79 Å². The van der Waals surface area contributed by atoms with Gasteiger partial charge in [-0.2, -0.15) is 0 Å². The quantitative estimate of drug-likeness (QED) is 0.865. The number of aromatic nitrogens is 1. The highest BCUT2D eigenvalue weighted by Gasteiger charge is 2.15. The molecule has 0 spiro atoms. The molecule has 0 saturated heterocycles. The number of aromatic carboxylic acids is 1. The lowest BCUT2D eigenvalue weighted by molar-refractivity contribution is 0.0696. The van der Waals surface area contributed by atoms with E-state index in [1.54, 1.807) is 12.4 Å². The molecule has 0 saturated carbocycles. The van der Waals surface area contributed by atoms with Crippen molar-refractivity contribution in [2.24, 2.45) is 0 Å². The predicted octanol–water partition coefficient (Wildman–Crippen LogP) is 3.78. The van der Waals surface area contributed by atoms with Gasteiger partial charge in [-0.05, 0) is 34.1 Å². The first-order valence-corrected chi connectivity index (χ1v) is 7.01. The Labute approximate surface area is 134 Å². The Kier molecular flexibility index (Phi) is 5.03. The Bertz CT molecular complexity index is 678. The molecule has 0 amide bonds. The lowest BCUT2D eigenvalue weighted by Crippen LogP contribution is -2.02. The number of hydrogen-bond donors (Lipinski definition) is 1. The highest BCUT2D eigenvalue weighted by Crippen LogP contribution is 2.37. The molecule has 2 aromatic rings. The molecule has 5 nitrogen and oxygen atoms in total. The van der Waals surface area contributed by atoms with Crippen molar-refractivity contribution in [2.45, 2.75) is 6.61 Å². The number of carboxylic acid groups (broad SMARTS) is 1. The fraction of sp³-hybridized carbons (Fsp3) is 0.143. The molecule has 0 aliphatic rings. The first-order valence-electron chi connectivity index (χ1n) is 5.84. The van der Waals surface area contributed by atoms with Gasteiger partial charge in [0.25, 0.3) is 0 Å². The van der Waals surface area contributed by atoms with Crippen LogP contribution in [0, 0.1) is 0 Å². The van der Waals surface area contributed by atoms with Gasteiger partial charge >= 0.3 is 5.97 Å². The van der Waals surface area contributed by atoms with Crippen LogP contribution in [-0.4, -0.2) is 23.2 Å². The molecule has 110 valence electrons. The molecule has 0 aliphatic heterocycles. The summed E-state index contributed by atoms with van der Waals surface area (Å²) in [6.07, 6.45) is 3.33. The van der Waals surface area contributed by atoms with Gasteiger partial charge in [0.05, 0.1) is 17.7 Å². The summed E-state index contributed by atoms with van der Waals surface area (Å²) in [5.41, 5.74) is 0.873. The number of halogens is 2. The zero-order valence-corrected chi connectivity index (χ0v) is 13.3. The smallest absolute Gasteiger partial charge is 0.335 e. The highest BCUT2D eigenvalue weighted by atomic mass is 79.9. The summed E-state index contributed by atoms with van der Waals surface area (Å²) < 4.78 is 11.6. The van der Waals surface area contributed by atoms with Crippen molar-refractivity contribution in [2.75, 3.05) is 7.11 Å². The lowest BCUT2D eigenvalue weighted by atomic mass is 10.2. The fourth-order valence-electron chi connectivity index (χ4n) is 1.67. The molecule has 0 atom stereocenters. The number of benzene rings is 1. The average Bonchev–Trinajstić information content (AvgIpc) is 2.45. The molecule has 0 aliphatic carbocycles. The summed E-state index contributed by atoms with van der Waals surface area (Å²) in [6.45, 7) is 0.231. The molecule has 21 heavy (non-hydrogen) atoms. The van der Waals surface area contributed by atoms with Crippen molar-refractivity contribution in [1.82, 2.24) is 4.98 Å². The Morgan fingerprint density at radius 3 is 2.76 bits per heavy atom. The van der Waals surface area contributed by atoms with E-state index >= 15 is 0 Å². The summed E-state index contributed by atoms with van der Waals surface area (Å²) in [7, 11) is 1.42. The van der Waals surface area contributed by atoms with Gasteiger partial charge in [-0.25, -0.2) is 4.79 Å². The van der Waals surface area contributed by atoms with Crippen molar-refractivity contribution in [3.05, 3.63) is 51.2 Å². The maximum absolute atomic E-state index is 11.0. The molecule has 1 N–H and O–H groups in total. The highest BCUT2D eigenvalue weighted by molar-refractivity contribution is 9.10. The van der Waals surface area contributed by atoms with Gasteiger partial charge in [-0.1, -0.05) is 11.6 Å². The minimum atomic E-state index is -1.09. The normalized spacial score (nSPS) is 10.2. The molecule has 0 bridgehead atoms. The van der Waals surface area contributed by atoms with Gasteiger partial charge in [0.2, 0.25) is 0 Å². The summed E-state index contributed by atoms with van der Waals surface area (Å²) in [5.74, 6) is -0.523. The van der Waals surface area contributed by atoms with Crippen molar-refractivity contribution in [1.29, 1.82) is 0 Å². The average molecular weight is 373 g/mol. The van der Waals surface area contributed by atoms with Crippen LogP contribution in [0.15, 0.2) is 35.1 Å². The van der Waals surface area contributed by atoms with Crippen molar-refractivity contribution in [3.8, 4) is 11.5 Å². The number of pyridine rings is 1. The first-order chi connectivity index (χ1) is 10.0. The topological polar surface area (TPSA) is 68.7 Å². The third kappa shape index (κ3) is 3.86. The summed E-state index contributed by atoms with van der Waals surface area (Å²) in [6, 6.07) is 4.54. The molecule has 1 aromatic carbocycles. The van der Waals surface area contributed by atoms with Crippen LogP contribution in [0.1, 0.15) is 15.9 Å². The fourth-order valence-corrected chi connectivity index (χ4v) is 2.35. The molecule has 7 heteroatoms. The largest absolute Gasteiger partial charge is 0.493 e. The van der Waals surface area contributed by atoms with Crippen molar-refractivity contribution >= 4 is 33.5 Å². The second-order valence-electron chi connectivity index (χ2n) is 4.09. The van der Waals surface area contributed by atoms with Crippen LogP contribution in [0.5, 0.6) is 11.5 Å². The van der Waals surface area contributed by atoms with E-state index in [0.717, 1.165) is 10.0 Å². The standard InChI is InChI=1S/C14H11BrClNO4/c1-20-12-4-9(14(18)19)3-11(16)13(12)21-7-8-2-10(15)6-17-5-8/h2-6H,7H2,1H3,(H,18,19).